The highest BCUT2D eigenvalue weighted by molar-refractivity contribution is 9.10. The van der Waals surface area contributed by atoms with Gasteiger partial charge in [-0.2, -0.15) is 0 Å². The van der Waals surface area contributed by atoms with Crippen molar-refractivity contribution in [3.05, 3.63) is 40.1 Å². The summed E-state index contributed by atoms with van der Waals surface area (Å²) in [5.74, 6) is 0.180. The molecular weight excluding hydrogens is 282 g/mol. The predicted octanol–water partition coefficient (Wildman–Crippen LogP) is 2.97. The molecule has 1 aromatic heterocycles. The maximum atomic E-state index is 11.1. The van der Waals surface area contributed by atoms with E-state index in [9.17, 15) is 4.79 Å². The highest BCUT2D eigenvalue weighted by atomic mass is 79.9. The van der Waals surface area contributed by atoms with Crippen LogP contribution in [0.15, 0.2) is 28.7 Å². The molecule has 0 amide bonds. The molecule has 2 aromatic rings. The van der Waals surface area contributed by atoms with Crippen LogP contribution in [0.4, 0.5) is 0 Å². The van der Waals surface area contributed by atoms with Crippen LogP contribution in [0.5, 0.6) is 0 Å². The minimum absolute atomic E-state index is 0.180. The molecule has 5 heteroatoms. The van der Waals surface area contributed by atoms with Crippen LogP contribution in [0.25, 0.3) is 5.69 Å². The van der Waals surface area contributed by atoms with E-state index >= 15 is 0 Å². The zero-order chi connectivity index (χ0) is 12.4. The largest absolute Gasteiger partial charge is 0.296 e. The van der Waals surface area contributed by atoms with Gasteiger partial charge in [0.1, 0.15) is 5.69 Å². The third-order valence-corrected chi connectivity index (χ3v) is 2.99. The molecule has 0 radical (unpaired) electrons. The van der Waals surface area contributed by atoms with Crippen molar-refractivity contribution in [2.24, 2.45) is 0 Å². The van der Waals surface area contributed by atoms with E-state index in [1.165, 1.54) is 0 Å². The standard InChI is InChI=1S/C12H12BrN3O/c1-8(2)12-11(7-17)16(15-14-12)10-5-3-9(13)4-6-10/h3-8H,1-2H3. The Bertz CT molecular complexity index is 531. The molecule has 0 unspecified atom stereocenters. The van der Waals surface area contributed by atoms with Crippen LogP contribution in [-0.2, 0) is 0 Å². The van der Waals surface area contributed by atoms with Crippen molar-refractivity contribution in [1.29, 1.82) is 0 Å². The first kappa shape index (κ1) is 12.0. The second-order valence-corrected chi connectivity index (χ2v) is 4.94. The van der Waals surface area contributed by atoms with E-state index in [0.29, 0.717) is 5.69 Å². The first-order chi connectivity index (χ1) is 8.13. The first-order valence-corrected chi connectivity index (χ1v) is 6.09. The van der Waals surface area contributed by atoms with Crippen molar-refractivity contribution < 1.29 is 4.79 Å². The Labute approximate surface area is 108 Å². The molecular formula is C12H12BrN3O. The summed E-state index contributed by atoms with van der Waals surface area (Å²) < 4.78 is 2.55. The zero-order valence-electron chi connectivity index (χ0n) is 9.59. The van der Waals surface area contributed by atoms with E-state index in [-0.39, 0.29) is 5.92 Å². The lowest BCUT2D eigenvalue weighted by molar-refractivity contribution is 0.111. The van der Waals surface area contributed by atoms with Crippen LogP contribution in [0.1, 0.15) is 35.9 Å². The Kier molecular flexibility index (Phi) is 3.38. The van der Waals surface area contributed by atoms with E-state index in [1.807, 2.05) is 38.1 Å². The van der Waals surface area contributed by atoms with Crippen LogP contribution in [0.3, 0.4) is 0 Å². The summed E-state index contributed by atoms with van der Waals surface area (Å²) in [4.78, 5) is 11.1. The number of hydrogen-bond acceptors (Lipinski definition) is 3. The summed E-state index contributed by atoms with van der Waals surface area (Å²) >= 11 is 3.37. The average Bonchev–Trinajstić information content (AvgIpc) is 2.73. The molecule has 4 nitrogen and oxygen atoms in total. The van der Waals surface area contributed by atoms with Crippen molar-refractivity contribution in [2.75, 3.05) is 0 Å². The Morgan fingerprint density at radius 1 is 1.29 bits per heavy atom. The van der Waals surface area contributed by atoms with Gasteiger partial charge in [-0.25, -0.2) is 4.68 Å². The van der Waals surface area contributed by atoms with Gasteiger partial charge >= 0.3 is 0 Å². The molecule has 0 fully saturated rings. The fourth-order valence-corrected chi connectivity index (χ4v) is 1.86. The fraction of sp³-hybridized carbons (Fsp3) is 0.250. The maximum absolute atomic E-state index is 11.1. The van der Waals surface area contributed by atoms with Crippen molar-refractivity contribution in [3.8, 4) is 5.69 Å². The van der Waals surface area contributed by atoms with Crippen LogP contribution < -0.4 is 0 Å². The maximum Gasteiger partial charge on any atom is 0.170 e. The second kappa shape index (κ2) is 4.79. The summed E-state index contributed by atoms with van der Waals surface area (Å²) in [6.07, 6.45) is 0.803. The van der Waals surface area contributed by atoms with Crippen molar-refractivity contribution in [1.82, 2.24) is 15.0 Å². The molecule has 88 valence electrons. The molecule has 0 bridgehead atoms. The van der Waals surface area contributed by atoms with Gasteiger partial charge in [-0.1, -0.05) is 35.0 Å². The number of nitrogens with zero attached hydrogens (tertiary/aromatic N) is 3. The van der Waals surface area contributed by atoms with E-state index in [0.717, 1.165) is 22.1 Å². The van der Waals surface area contributed by atoms with Gasteiger partial charge in [-0.15, -0.1) is 5.10 Å². The number of hydrogen-bond donors (Lipinski definition) is 0. The smallest absolute Gasteiger partial charge is 0.170 e. The molecule has 0 saturated carbocycles. The first-order valence-electron chi connectivity index (χ1n) is 5.30. The SMILES string of the molecule is CC(C)c1nnn(-c2ccc(Br)cc2)c1C=O. The van der Waals surface area contributed by atoms with E-state index < -0.39 is 0 Å². The van der Waals surface area contributed by atoms with Gasteiger partial charge in [-0.3, -0.25) is 4.79 Å². The van der Waals surface area contributed by atoms with Crippen molar-refractivity contribution in [2.45, 2.75) is 19.8 Å². The molecule has 1 aromatic carbocycles. The third-order valence-electron chi connectivity index (χ3n) is 2.46. The number of carbonyl (C=O) groups excluding carboxylic acids is 1. The van der Waals surface area contributed by atoms with Gasteiger partial charge in [0.05, 0.1) is 11.4 Å². The minimum atomic E-state index is 0.180. The van der Waals surface area contributed by atoms with Gasteiger partial charge in [0.15, 0.2) is 6.29 Å². The monoisotopic (exact) mass is 293 g/mol. The van der Waals surface area contributed by atoms with Gasteiger partial charge in [0.2, 0.25) is 0 Å². The summed E-state index contributed by atoms with van der Waals surface area (Å²) in [6.45, 7) is 3.98. The molecule has 0 saturated heterocycles. The van der Waals surface area contributed by atoms with Gasteiger partial charge in [0.25, 0.3) is 0 Å². The lowest BCUT2D eigenvalue weighted by Crippen LogP contribution is -2.03. The Hall–Kier alpha value is -1.49. The average molecular weight is 294 g/mol. The number of aldehydes is 1. The molecule has 2 rings (SSSR count). The Morgan fingerprint density at radius 2 is 1.94 bits per heavy atom. The van der Waals surface area contributed by atoms with Crippen LogP contribution >= 0.6 is 15.9 Å². The number of rotatable bonds is 3. The van der Waals surface area contributed by atoms with Crippen molar-refractivity contribution >= 4 is 22.2 Å². The Balaban J connectivity index is 2.52. The molecule has 0 aliphatic carbocycles. The van der Waals surface area contributed by atoms with Crippen molar-refractivity contribution in [3.63, 3.8) is 0 Å². The Morgan fingerprint density at radius 3 is 2.47 bits per heavy atom. The molecule has 0 aliphatic heterocycles. The molecule has 1 heterocycles. The quantitative estimate of drug-likeness (QED) is 0.818. The molecule has 0 aliphatic rings. The second-order valence-electron chi connectivity index (χ2n) is 4.02. The predicted molar refractivity (Wildman–Crippen MR) is 68.5 cm³/mol. The zero-order valence-corrected chi connectivity index (χ0v) is 11.2. The van der Waals surface area contributed by atoms with E-state index in [4.69, 9.17) is 0 Å². The van der Waals surface area contributed by atoms with Gasteiger partial charge in [0, 0.05) is 4.47 Å². The lowest BCUT2D eigenvalue weighted by atomic mass is 10.1. The summed E-state index contributed by atoms with van der Waals surface area (Å²) in [5, 5.41) is 8.08. The lowest BCUT2D eigenvalue weighted by Gasteiger charge is -2.04. The van der Waals surface area contributed by atoms with Crippen LogP contribution in [0, 0.1) is 0 Å². The molecule has 0 N–H and O–H groups in total. The summed E-state index contributed by atoms with van der Waals surface area (Å²) in [5.41, 5.74) is 2.07. The highest BCUT2D eigenvalue weighted by Gasteiger charge is 2.15. The third kappa shape index (κ3) is 2.29. The molecule has 17 heavy (non-hydrogen) atoms. The number of benzene rings is 1. The number of carbonyl (C=O) groups is 1. The highest BCUT2D eigenvalue weighted by Crippen LogP contribution is 2.19. The molecule has 0 spiro atoms. The van der Waals surface area contributed by atoms with Crippen LogP contribution in [0.2, 0.25) is 0 Å². The number of halogens is 1. The normalized spacial score (nSPS) is 10.8. The van der Waals surface area contributed by atoms with Crippen LogP contribution in [-0.4, -0.2) is 21.3 Å². The topological polar surface area (TPSA) is 47.8 Å². The summed E-state index contributed by atoms with van der Waals surface area (Å²) in [6, 6.07) is 7.58. The number of aromatic nitrogens is 3. The molecule has 0 atom stereocenters. The van der Waals surface area contributed by atoms with E-state index in [2.05, 4.69) is 26.2 Å². The summed E-state index contributed by atoms with van der Waals surface area (Å²) in [7, 11) is 0. The minimum Gasteiger partial charge on any atom is -0.296 e. The van der Waals surface area contributed by atoms with Gasteiger partial charge in [-0.05, 0) is 30.2 Å². The fourth-order valence-electron chi connectivity index (χ4n) is 1.60. The van der Waals surface area contributed by atoms with Gasteiger partial charge < -0.3 is 0 Å². The van der Waals surface area contributed by atoms with E-state index in [1.54, 1.807) is 4.68 Å².